The number of hydrogen-bond acceptors (Lipinski definition) is 5. The van der Waals surface area contributed by atoms with Gasteiger partial charge in [-0.3, -0.25) is 0 Å². The van der Waals surface area contributed by atoms with Crippen molar-refractivity contribution in [2.24, 2.45) is 0 Å². The van der Waals surface area contributed by atoms with E-state index in [1.54, 1.807) is 11.8 Å². The van der Waals surface area contributed by atoms with Gasteiger partial charge >= 0.3 is 0 Å². The molecule has 0 radical (unpaired) electrons. The van der Waals surface area contributed by atoms with Gasteiger partial charge in [0.15, 0.2) is 5.58 Å². The molecule has 2 aromatic rings. The summed E-state index contributed by atoms with van der Waals surface area (Å²) in [4.78, 5) is 6.57. The van der Waals surface area contributed by atoms with Crippen molar-refractivity contribution in [1.82, 2.24) is 9.88 Å². The minimum Gasteiger partial charge on any atom is -0.431 e. The lowest BCUT2D eigenvalue weighted by molar-refractivity contribution is 0.409. The van der Waals surface area contributed by atoms with Crippen LogP contribution in [0.2, 0.25) is 0 Å². The summed E-state index contributed by atoms with van der Waals surface area (Å²) < 4.78 is 5.61. The Kier molecular flexibility index (Phi) is 3.91. The molecule has 0 atom stereocenters. The molecule has 0 spiro atoms. The molecule has 0 saturated carbocycles. The molecule has 0 aliphatic heterocycles. The van der Waals surface area contributed by atoms with Gasteiger partial charge in [0.05, 0.1) is 0 Å². The van der Waals surface area contributed by atoms with Crippen LogP contribution in [0.4, 0.5) is 5.69 Å². The second kappa shape index (κ2) is 5.42. The van der Waals surface area contributed by atoms with E-state index in [1.165, 1.54) is 0 Å². The first kappa shape index (κ1) is 12.3. The molecular formula is C12H17N3OS. The zero-order valence-electron chi connectivity index (χ0n) is 10.1. The summed E-state index contributed by atoms with van der Waals surface area (Å²) in [7, 11) is 4.15. The summed E-state index contributed by atoms with van der Waals surface area (Å²) in [5.41, 5.74) is 8.05. The third-order valence-electron chi connectivity index (χ3n) is 2.37. The molecule has 0 aliphatic carbocycles. The third-order valence-corrected chi connectivity index (χ3v) is 3.28. The Bertz CT molecular complexity index is 495. The molecule has 17 heavy (non-hydrogen) atoms. The van der Waals surface area contributed by atoms with E-state index < -0.39 is 0 Å². The number of hydrogen-bond donors (Lipinski definition) is 1. The third kappa shape index (κ3) is 3.38. The molecule has 0 unspecified atom stereocenters. The van der Waals surface area contributed by atoms with Crippen LogP contribution < -0.4 is 5.73 Å². The van der Waals surface area contributed by atoms with Crippen LogP contribution in [0.25, 0.3) is 11.1 Å². The molecule has 0 amide bonds. The highest BCUT2D eigenvalue weighted by molar-refractivity contribution is 7.99. The van der Waals surface area contributed by atoms with E-state index in [4.69, 9.17) is 10.2 Å². The number of oxazole rings is 1. The predicted molar refractivity (Wildman–Crippen MR) is 72.3 cm³/mol. The van der Waals surface area contributed by atoms with Crippen molar-refractivity contribution in [3.05, 3.63) is 18.2 Å². The quantitative estimate of drug-likeness (QED) is 0.502. The fourth-order valence-electron chi connectivity index (χ4n) is 1.53. The summed E-state index contributed by atoms with van der Waals surface area (Å²) in [6.45, 7) is 1.08. The van der Waals surface area contributed by atoms with Crippen molar-refractivity contribution in [2.75, 3.05) is 32.1 Å². The largest absolute Gasteiger partial charge is 0.431 e. The van der Waals surface area contributed by atoms with Gasteiger partial charge in [0.2, 0.25) is 0 Å². The van der Waals surface area contributed by atoms with Gasteiger partial charge in [-0.15, -0.1) is 0 Å². The number of fused-ring (bicyclic) bond motifs is 1. The van der Waals surface area contributed by atoms with Crippen LogP contribution >= 0.6 is 11.8 Å². The summed E-state index contributed by atoms with van der Waals surface area (Å²) in [5, 5.41) is 0.726. The Morgan fingerprint density at radius 1 is 1.41 bits per heavy atom. The highest BCUT2D eigenvalue weighted by Gasteiger charge is 2.06. The number of aromatic nitrogens is 1. The average Bonchev–Trinajstić information content (AvgIpc) is 2.66. The van der Waals surface area contributed by atoms with Crippen LogP contribution in [0.3, 0.4) is 0 Å². The first-order chi connectivity index (χ1) is 8.15. The second-order valence-corrected chi connectivity index (χ2v) is 5.26. The van der Waals surface area contributed by atoms with Crippen molar-refractivity contribution in [3.8, 4) is 0 Å². The Morgan fingerprint density at radius 2 is 2.24 bits per heavy atom. The first-order valence-electron chi connectivity index (χ1n) is 5.59. The molecule has 4 nitrogen and oxygen atoms in total. The Hall–Kier alpha value is -1.20. The monoisotopic (exact) mass is 251 g/mol. The fraction of sp³-hybridized carbons (Fsp3) is 0.417. The lowest BCUT2D eigenvalue weighted by Crippen LogP contribution is -2.13. The average molecular weight is 251 g/mol. The van der Waals surface area contributed by atoms with Gasteiger partial charge in [-0.2, -0.15) is 0 Å². The normalized spacial score (nSPS) is 11.5. The van der Waals surface area contributed by atoms with Gasteiger partial charge in [-0.1, -0.05) is 11.8 Å². The minimum absolute atomic E-state index is 0.718. The number of nitrogens with zero attached hydrogens (tertiary/aromatic N) is 2. The fourth-order valence-corrected chi connectivity index (χ4v) is 2.28. The van der Waals surface area contributed by atoms with Crippen molar-refractivity contribution < 1.29 is 4.42 Å². The van der Waals surface area contributed by atoms with Gasteiger partial charge in [0, 0.05) is 11.4 Å². The molecule has 1 heterocycles. The van der Waals surface area contributed by atoms with Crippen LogP contribution in [0.15, 0.2) is 27.8 Å². The lowest BCUT2D eigenvalue weighted by atomic mass is 10.3. The second-order valence-electron chi connectivity index (χ2n) is 4.21. The Labute approximate surface area is 105 Å². The zero-order valence-corrected chi connectivity index (χ0v) is 11.0. The van der Waals surface area contributed by atoms with Crippen molar-refractivity contribution in [1.29, 1.82) is 0 Å². The highest BCUT2D eigenvalue weighted by atomic mass is 32.2. The van der Waals surface area contributed by atoms with Gasteiger partial charge in [0.1, 0.15) is 5.52 Å². The van der Waals surface area contributed by atoms with Crippen molar-refractivity contribution in [2.45, 2.75) is 11.6 Å². The van der Waals surface area contributed by atoms with Crippen molar-refractivity contribution >= 4 is 28.5 Å². The first-order valence-corrected chi connectivity index (χ1v) is 6.57. The summed E-state index contributed by atoms with van der Waals surface area (Å²) in [5.74, 6) is 1.01. The predicted octanol–water partition coefficient (Wildman–Crippen LogP) is 2.45. The molecule has 2 rings (SSSR count). The van der Waals surface area contributed by atoms with Crippen LogP contribution in [0.1, 0.15) is 6.42 Å². The number of thioether (sulfide) groups is 1. The maximum Gasteiger partial charge on any atom is 0.256 e. The lowest BCUT2D eigenvalue weighted by Gasteiger charge is -2.07. The summed E-state index contributed by atoms with van der Waals surface area (Å²) in [6.07, 6.45) is 1.12. The number of rotatable bonds is 5. The molecule has 5 heteroatoms. The SMILES string of the molecule is CN(C)CCCSc1nc2cc(N)ccc2o1. The van der Waals surface area contributed by atoms with Crippen molar-refractivity contribution in [3.63, 3.8) is 0 Å². The van der Waals surface area contributed by atoms with Crippen LogP contribution in [0.5, 0.6) is 0 Å². The van der Waals surface area contributed by atoms with E-state index in [0.717, 1.165) is 40.7 Å². The number of benzene rings is 1. The molecule has 1 aromatic carbocycles. The molecule has 0 aliphatic rings. The van der Waals surface area contributed by atoms with Gasteiger partial charge in [-0.05, 0) is 45.3 Å². The van der Waals surface area contributed by atoms with E-state index >= 15 is 0 Å². The van der Waals surface area contributed by atoms with Gasteiger partial charge in [0.25, 0.3) is 5.22 Å². The van der Waals surface area contributed by atoms with Crippen LogP contribution in [-0.2, 0) is 0 Å². The van der Waals surface area contributed by atoms with Gasteiger partial charge in [-0.25, -0.2) is 4.98 Å². The Morgan fingerprint density at radius 3 is 3.00 bits per heavy atom. The van der Waals surface area contributed by atoms with E-state index in [0.29, 0.717) is 0 Å². The Balaban J connectivity index is 1.95. The van der Waals surface area contributed by atoms with Crippen LogP contribution in [0, 0.1) is 0 Å². The maximum absolute atomic E-state index is 5.69. The molecule has 0 bridgehead atoms. The smallest absolute Gasteiger partial charge is 0.256 e. The van der Waals surface area contributed by atoms with Crippen LogP contribution in [-0.4, -0.2) is 36.3 Å². The highest BCUT2D eigenvalue weighted by Crippen LogP contribution is 2.25. The molecule has 2 N–H and O–H groups in total. The van der Waals surface area contributed by atoms with E-state index in [-0.39, 0.29) is 0 Å². The standard InChI is InChI=1S/C12H17N3OS/c1-15(2)6-3-7-17-12-14-10-8-9(13)4-5-11(10)16-12/h4-5,8H,3,6-7,13H2,1-2H3. The topological polar surface area (TPSA) is 55.3 Å². The number of nitrogen functional groups attached to an aromatic ring is 1. The summed E-state index contributed by atoms with van der Waals surface area (Å²) in [6, 6.07) is 5.53. The van der Waals surface area contributed by atoms with E-state index in [2.05, 4.69) is 24.0 Å². The zero-order chi connectivity index (χ0) is 12.3. The summed E-state index contributed by atoms with van der Waals surface area (Å²) >= 11 is 1.65. The molecule has 1 aromatic heterocycles. The molecule has 0 fully saturated rings. The maximum atomic E-state index is 5.69. The van der Waals surface area contributed by atoms with Gasteiger partial charge < -0.3 is 15.1 Å². The molecule has 0 saturated heterocycles. The molecular weight excluding hydrogens is 234 g/mol. The minimum atomic E-state index is 0.718. The number of nitrogens with two attached hydrogens (primary N) is 1. The van der Waals surface area contributed by atoms with E-state index in [1.807, 2.05) is 18.2 Å². The molecule has 92 valence electrons. The van der Waals surface area contributed by atoms with E-state index in [9.17, 15) is 0 Å². The number of anilines is 1.